The molecule has 2 saturated carbocycles. The molecule has 2 heterocycles. The first-order valence-electron chi connectivity index (χ1n) is 12.0. The van der Waals surface area contributed by atoms with Gasteiger partial charge in [-0.2, -0.15) is 4.98 Å². The van der Waals surface area contributed by atoms with Crippen LogP contribution in [0.15, 0.2) is 22.6 Å². The summed E-state index contributed by atoms with van der Waals surface area (Å²) < 4.78 is 26.3. The molecule has 32 heavy (non-hydrogen) atoms. The number of rotatable bonds is 8. The number of benzene rings is 1. The lowest BCUT2D eigenvalue weighted by Gasteiger charge is -2.48. The molecule has 1 aromatic heterocycles. The minimum absolute atomic E-state index is 0.106. The van der Waals surface area contributed by atoms with Gasteiger partial charge in [0.15, 0.2) is 17.3 Å². The van der Waals surface area contributed by atoms with Gasteiger partial charge in [-0.1, -0.05) is 20.8 Å². The predicted molar refractivity (Wildman–Crippen MR) is 121 cm³/mol. The third-order valence-electron chi connectivity index (χ3n) is 7.73. The van der Waals surface area contributed by atoms with Gasteiger partial charge in [0.2, 0.25) is 0 Å². The molecule has 2 unspecified atom stereocenters. The zero-order chi connectivity index (χ0) is 22.5. The van der Waals surface area contributed by atoms with E-state index in [0.29, 0.717) is 29.3 Å². The lowest BCUT2D eigenvalue weighted by atomic mass is 9.75. The number of hydrogen-bond donors (Lipinski definition) is 1. The molecule has 172 valence electrons. The summed E-state index contributed by atoms with van der Waals surface area (Å²) >= 11 is 0. The summed E-state index contributed by atoms with van der Waals surface area (Å²) in [5.41, 5.74) is 0.948. The smallest absolute Gasteiger partial charge is 0.298 e. The first-order chi connectivity index (χ1) is 15.4. The highest BCUT2D eigenvalue weighted by Crippen LogP contribution is 2.52. The number of ether oxygens (including phenoxy) is 1. The Bertz CT molecular complexity index is 998. The molecule has 1 saturated heterocycles. The molecule has 2 atom stereocenters. The maximum absolute atomic E-state index is 14.6. The Kier molecular flexibility index (Phi) is 5.38. The first kappa shape index (κ1) is 21.3. The number of nitrogens with one attached hydrogen (secondary N) is 1. The minimum atomic E-state index is -0.462. The van der Waals surface area contributed by atoms with Crippen LogP contribution in [0.4, 0.5) is 16.1 Å². The second-order valence-corrected chi connectivity index (χ2v) is 9.75. The fraction of sp³-hybridized carbons (Fsp3) is 0.600. The highest BCUT2D eigenvalue weighted by atomic mass is 19.1. The van der Waals surface area contributed by atoms with Crippen LogP contribution in [-0.4, -0.2) is 30.1 Å². The molecule has 3 aliphatic rings. The minimum Gasteiger partial charge on any atom is -0.487 e. The average Bonchev–Trinajstić information content (AvgIpc) is 3.17. The molecule has 1 amide bonds. The highest BCUT2D eigenvalue weighted by Gasteiger charge is 2.47. The van der Waals surface area contributed by atoms with Crippen molar-refractivity contribution in [1.29, 1.82) is 0 Å². The van der Waals surface area contributed by atoms with Gasteiger partial charge in [-0.25, -0.2) is 4.39 Å². The Morgan fingerprint density at radius 1 is 1.22 bits per heavy atom. The summed E-state index contributed by atoms with van der Waals surface area (Å²) in [6.45, 7) is 8.12. The summed E-state index contributed by atoms with van der Waals surface area (Å²) in [6.07, 6.45) is 6.23. The van der Waals surface area contributed by atoms with Gasteiger partial charge in [0.25, 0.3) is 11.9 Å². The third kappa shape index (κ3) is 3.86. The van der Waals surface area contributed by atoms with E-state index in [9.17, 15) is 9.18 Å². The van der Waals surface area contributed by atoms with Crippen molar-refractivity contribution >= 4 is 17.6 Å². The number of halogens is 1. The van der Waals surface area contributed by atoms with Gasteiger partial charge in [-0.3, -0.25) is 4.79 Å². The molecule has 0 radical (unpaired) electrons. The molecule has 1 N–H and O–H groups in total. The summed E-state index contributed by atoms with van der Waals surface area (Å²) in [5, 5.41) is 2.76. The van der Waals surface area contributed by atoms with Crippen LogP contribution >= 0.6 is 0 Å². The van der Waals surface area contributed by atoms with Gasteiger partial charge >= 0.3 is 0 Å². The monoisotopic (exact) mass is 441 g/mol. The summed E-state index contributed by atoms with van der Waals surface area (Å²) in [6, 6.07) is 5.07. The zero-order valence-corrected chi connectivity index (χ0v) is 19.1. The van der Waals surface area contributed by atoms with Gasteiger partial charge in [0, 0.05) is 36.7 Å². The normalized spacial score (nSPS) is 25.2. The largest absolute Gasteiger partial charge is 0.487 e. The van der Waals surface area contributed by atoms with Crippen molar-refractivity contribution in [2.24, 2.45) is 17.3 Å². The van der Waals surface area contributed by atoms with Crippen molar-refractivity contribution in [3.8, 4) is 5.75 Å². The number of anilines is 2. The maximum atomic E-state index is 14.6. The molecule has 6 nitrogen and oxygen atoms in total. The average molecular weight is 442 g/mol. The van der Waals surface area contributed by atoms with Gasteiger partial charge < -0.3 is 19.4 Å². The van der Waals surface area contributed by atoms with Crippen molar-refractivity contribution in [2.45, 2.75) is 65.4 Å². The Morgan fingerprint density at radius 3 is 2.56 bits per heavy atom. The zero-order valence-electron chi connectivity index (χ0n) is 19.1. The van der Waals surface area contributed by atoms with Crippen molar-refractivity contribution < 1.29 is 18.3 Å². The standard InChI is InChI=1S/C25H32FN3O3/c1-4-20-22(28-24(32-20)29-13-25(5-2,6-3)14-29)23(30)27-17-7-8-21(19(26)12-17)31-18-10-15-9-16(15)11-18/h7-8,12,15-16,18H,4-6,9-11,13-14H2,1-3H3,(H,27,30). The predicted octanol–water partition coefficient (Wildman–Crippen LogP) is 5.43. The van der Waals surface area contributed by atoms with Crippen LogP contribution in [0.25, 0.3) is 0 Å². The van der Waals surface area contributed by atoms with Crippen LogP contribution in [0.2, 0.25) is 0 Å². The van der Waals surface area contributed by atoms with Crippen LogP contribution in [0.3, 0.4) is 0 Å². The van der Waals surface area contributed by atoms with E-state index >= 15 is 0 Å². The number of carbonyl (C=O) groups is 1. The molecule has 5 rings (SSSR count). The van der Waals surface area contributed by atoms with E-state index in [2.05, 4.69) is 29.0 Å². The van der Waals surface area contributed by atoms with Crippen molar-refractivity contribution in [2.75, 3.05) is 23.3 Å². The topological polar surface area (TPSA) is 67.6 Å². The van der Waals surface area contributed by atoms with E-state index in [0.717, 1.165) is 50.6 Å². The van der Waals surface area contributed by atoms with E-state index in [1.54, 1.807) is 12.1 Å². The van der Waals surface area contributed by atoms with Gasteiger partial charge in [0.05, 0.1) is 6.10 Å². The molecule has 0 spiro atoms. The Hall–Kier alpha value is -2.57. The number of aromatic nitrogens is 1. The van der Waals surface area contributed by atoms with E-state index in [1.165, 1.54) is 12.5 Å². The Morgan fingerprint density at radius 2 is 1.94 bits per heavy atom. The van der Waals surface area contributed by atoms with Gasteiger partial charge in [-0.05, 0) is 56.1 Å². The number of hydrogen-bond acceptors (Lipinski definition) is 5. The SMILES string of the molecule is CCc1oc(N2CC(CC)(CC)C2)nc1C(=O)Nc1ccc(OC2CC3CC3C2)c(F)c1. The van der Waals surface area contributed by atoms with Gasteiger partial charge in [-0.15, -0.1) is 0 Å². The van der Waals surface area contributed by atoms with Crippen molar-refractivity contribution in [3.63, 3.8) is 0 Å². The summed E-state index contributed by atoms with van der Waals surface area (Å²) in [5.74, 6) is 1.50. The number of fused-ring (bicyclic) bond motifs is 1. The Balaban J connectivity index is 1.24. The summed E-state index contributed by atoms with van der Waals surface area (Å²) in [7, 11) is 0. The molecule has 2 aromatic rings. The van der Waals surface area contributed by atoms with E-state index < -0.39 is 11.7 Å². The second-order valence-electron chi connectivity index (χ2n) is 9.75. The van der Waals surface area contributed by atoms with Crippen LogP contribution in [-0.2, 0) is 6.42 Å². The fourth-order valence-electron chi connectivity index (χ4n) is 5.29. The number of oxazole rings is 1. The maximum Gasteiger partial charge on any atom is 0.298 e. The van der Waals surface area contributed by atoms with Gasteiger partial charge in [0.1, 0.15) is 5.76 Å². The lowest BCUT2D eigenvalue weighted by Crippen LogP contribution is -2.56. The Labute approximate surface area is 188 Å². The second kappa shape index (κ2) is 8.09. The van der Waals surface area contributed by atoms with Crippen LogP contribution < -0.4 is 15.0 Å². The fourth-order valence-corrected chi connectivity index (χ4v) is 5.29. The molecular formula is C25H32FN3O3. The molecule has 7 heteroatoms. The van der Waals surface area contributed by atoms with Crippen LogP contribution in [0.1, 0.15) is 69.1 Å². The molecular weight excluding hydrogens is 409 g/mol. The van der Waals surface area contributed by atoms with E-state index in [4.69, 9.17) is 9.15 Å². The molecule has 1 aromatic carbocycles. The third-order valence-corrected chi connectivity index (χ3v) is 7.73. The number of aryl methyl sites for hydroxylation is 1. The molecule has 1 aliphatic heterocycles. The summed E-state index contributed by atoms with van der Waals surface area (Å²) in [4.78, 5) is 19.5. The van der Waals surface area contributed by atoms with E-state index in [1.807, 2.05) is 6.92 Å². The van der Waals surface area contributed by atoms with E-state index in [-0.39, 0.29) is 17.5 Å². The molecule has 2 aliphatic carbocycles. The number of amides is 1. The van der Waals surface area contributed by atoms with Crippen LogP contribution in [0, 0.1) is 23.1 Å². The molecule has 0 bridgehead atoms. The highest BCUT2D eigenvalue weighted by molar-refractivity contribution is 6.03. The van der Waals surface area contributed by atoms with Crippen molar-refractivity contribution in [3.05, 3.63) is 35.5 Å². The first-order valence-corrected chi connectivity index (χ1v) is 12.0. The van der Waals surface area contributed by atoms with Crippen molar-refractivity contribution in [1.82, 2.24) is 4.98 Å². The number of carbonyl (C=O) groups excluding carboxylic acids is 1. The quantitative estimate of drug-likeness (QED) is 0.591. The van der Waals surface area contributed by atoms with Crippen LogP contribution in [0.5, 0.6) is 5.75 Å². The molecule has 3 fully saturated rings. The number of nitrogens with zero attached hydrogens (tertiary/aromatic N) is 2. The lowest BCUT2D eigenvalue weighted by molar-refractivity contribution is 0.102.